The summed E-state index contributed by atoms with van der Waals surface area (Å²) in [5.74, 6) is 1.01. The van der Waals surface area contributed by atoms with Crippen LogP contribution in [0.3, 0.4) is 0 Å². The van der Waals surface area contributed by atoms with Crippen molar-refractivity contribution in [1.29, 1.82) is 0 Å². The Labute approximate surface area is 202 Å². The third kappa shape index (κ3) is 6.54. The van der Waals surface area contributed by atoms with E-state index < -0.39 is 10.0 Å². The van der Waals surface area contributed by atoms with Crippen molar-refractivity contribution in [3.63, 3.8) is 0 Å². The number of carbonyl (C=O) groups is 1. The van der Waals surface area contributed by atoms with Gasteiger partial charge in [0.15, 0.2) is 11.5 Å². The quantitative estimate of drug-likeness (QED) is 0.404. The number of sulfonamides is 1. The van der Waals surface area contributed by atoms with Crippen LogP contribution in [-0.2, 0) is 21.2 Å². The molecule has 0 spiro atoms. The number of amides is 1. The van der Waals surface area contributed by atoms with Gasteiger partial charge in [-0.1, -0.05) is 29.3 Å². The minimum atomic E-state index is -3.86. The monoisotopic (exact) mass is 508 g/mol. The molecule has 0 aromatic heterocycles. The number of anilines is 2. The molecule has 33 heavy (non-hydrogen) atoms. The van der Waals surface area contributed by atoms with Crippen LogP contribution in [0.4, 0.5) is 11.4 Å². The minimum absolute atomic E-state index is 0.0249. The molecule has 0 fully saturated rings. The molecule has 0 aliphatic rings. The molecule has 174 valence electrons. The Morgan fingerprint density at radius 2 is 1.61 bits per heavy atom. The minimum Gasteiger partial charge on any atom is -0.493 e. The first-order valence-corrected chi connectivity index (χ1v) is 12.0. The predicted octanol–water partition coefficient (Wildman–Crippen LogP) is 5.38. The summed E-state index contributed by atoms with van der Waals surface area (Å²) in [7, 11) is -0.752. The van der Waals surface area contributed by atoms with E-state index in [4.69, 9.17) is 32.7 Å². The van der Waals surface area contributed by atoms with Crippen molar-refractivity contribution >= 4 is 50.5 Å². The second kappa shape index (κ2) is 10.8. The van der Waals surface area contributed by atoms with Gasteiger partial charge in [-0.05, 0) is 66.6 Å². The molecule has 3 aromatic rings. The molecule has 3 aromatic carbocycles. The summed E-state index contributed by atoms with van der Waals surface area (Å²) >= 11 is 11.9. The lowest BCUT2D eigenvalue weighted by molar-refractivity contribution is -0.116. The predicted molar refractivity (Wildman–Crippen MR) is 130 cm³/mol. The van der Waals surface area contributed by atoms with E-state index in [0.29, 0.717) is 28.6 Å². The molecule has 0 radical (unpaired) electrons. The van der Waals surface area contributed by atoms with Crippen molar-refractivity contribution in [2.45, 2.75) is 17.7 Å². The first-order chi connectivity index (χ1) is 15.7. The Hall–Kier alpha value is -2.94. The van der Waals surface area contributed by atoms with E-state index in [2.05, 4.69) is 10.0 Å². The highest BCUT2D eigenvalue weighted by Crippen LogP contribution is 2.29. The summed E-state index contributed by atoms with van der Waals surface area (Å²) in [6.07, 6.45) is 0.747. The zero-order chi connectivity index (χ0) is 24.0. The van der Waals surface area contributed by atoms with Gasteiger partial charge in [0, 0.05) is 17.1 Å². The van der Waals surface area contributed by atoms with Crippen LogP contribution < -0.4 is 19.5 Å². The number of rotatable bonds is 9. The van der Waals surface area contributed by atoms with Gasteiger partial charge in [0.1, 0.15) is 0 Å². The lowest BCUT2D eigenvalue weighted by Gasteiger charge is -2.11. The van der Waals surface area contributed by atoms with Crippen molar-refractivity contribution in [1.82, 2.24) is 0 Å². The fraction of sp³-hybridized carbons (Fsp3) is 0.174. The standard InChI is InChI=1S/C23H22Cl2N2O5S/c1-31-21-11-3-15(13-22(21)32-2)4-12-23(28)26-17-6-8-18(9-7-17)33(29,30)27-20-10-5-16(24)14-19(20)25/h3,5-11,13-14,27H,4,12H2,1-2H3,(H,26,28). The van der Waals surface area contributed by atoms with Crippen LogP contribution in [0.2, 0.25) is 10.0 Å². The summed E-state index contributed by atoms with van der Waals surface area (Å²) in [6.45, 7) is 0. The molecule has 10 heteroatoms. The van der Waals surface area contributed by atoms with Gasteiger partial charge in [0.25, 0.3) is 10.0 Å². The van der Waals surface area contributed by atoms with Crippen LogP contribution in [-0.4, -0.2) is 28.5 Å². The van der Waals surface area contributed by atoms with Crippen LogP contribution in [0.25, 0.3) is 0 Å². The number of aryl methyl sites for hydroxylation is 1. The van der Waals surface area contributed by atoms with Gasteiger partial charge >= 0.3 is 0 Å². The van der Waals surface area contributed by atoms with Gasteiger partial charge in [-0.3, -0.25) is 9.52 Å². The fourth-order valence-corrected chi connectivity index (χ4v) is 4.60. The van der Waals surface area contributed by atoms with Crippen molar-refractivity contribution < 1.29 is 22.7 Å². The number of carbonyl (C=O) groups excluding carboxylic acids is 1. The molecular formula is C23H22Cl2N2O5S. The zero-order valence-corrected chi connectivity index (χ0v) is 20.2. The second-order valence-corrected chi connectivity index (χ2v) is 9.52. The maximum absolute atomic E-state index is 12.6. The van der Waals surface area contributed by atoms with E-state index in [0.717, 1.165) is 5.56 Å². The highest BCUT2D eigenvalue weighted by molar-refractivity contribution is 7.92. The average Bonchev–Trinajstić information content (AvgIpc) is 2.79. The molecule has 0 heterocycles. The number of ether oxygens (including phenoxy) is 2. The van der Waals surface area contributed by atoms with Crippen LogP contribution in [0.5, 0.6) is 11.5 Å². The highest BCUT2D eigenvalue weighted by Gasteiger charge is 2.16. The summed E-state index contributed by atoms with van der Waals surface area (Å²) in [6, 6.07) is 15.8. The first-order valence-electron chi connectivity index (χ1n) is 9.80. The molecule has 3 rings (SSSR count). The van der Waals surface area contributed by atoms with Gasteiger partial charge in [0.05, 0.1) is 29.8 Å². The van der Waals surface area contributed by atoms with Crippen molar-refractivity contribution in [3.8, 4) is 11.5 Å². The third-order valence-corrected chi connectivity index (χ3v) is 6.64. The lowest BCUT2D eigenvalue weighted by atomic mass is 10.1. The number of benzene rings is 3. The molecule has 0 unspecified atom stereocenters. The Balaban J connectivity index is 1.60. The Morgan fingerprint density at radius 3 is 2.24 bits per heavy atom. The van der Waals surface area contributed by atoms with E-state index >= 15 is 0 Å². The number of methoxy groups -OCH3 is 2. The topological polar surface area (TPSA) is 93.7 Å². The van der Waals surface area contributed by atoms with E-state index in [1.54, 1.807) is 20.3 Å². The molecule has 0 atom stereocenters. The Morgan fingerprint density at radius 1 is 0.909 bits per heavy atom. The van der Waals surface area contributed by atoms with E-state index in [1.807, 2.05) is 12.1 Å². The van der Waals surface area contributed by atoms with Gasteiger partial charge in [-0.15, -0.1) is 0 Å². The van der Waals surface area contributed by atoms with E-state index in [9.17, 15) is 13.2 Å². The second-order valence-electron chi connectivity index (χ2n) is 6.99. The smallest absolute Gasteiger partial charge is 0.261 e. The van der Waals surface area contributed by atoms with Crippen molar-refractivity contribution in [2.24, 2.45) is 0 Å². The number of hydrogen-bond donors (Lipinski definition) is 2. The number of hydrogen-bond acceptors (Lipinski definition) is 5. The lowest BCUT2D eigenvalue weighted by Crippen LogP contribution is -2.14. The number of nitrogens with one attached hydrogen (secondary N) is 2. The largest absolute Gasteiger partial charge is 0.493 e. The zero-order valence-electron chi connectivity index (χ0n) is 17.9. The molecule has 0 saturated heterocycles. The summed E-state index contributed by atoms with van der Waals surface area (Å²) < 4.78 is 38.1. The summed E-state index contributed by atoms with van der Waals surface area (Å²) in [5.41, 5.74) is 1.63. The number of halogens is 2. The molecule has 1 amide bonds. The van der Waals surface area contributed by atoms with Crippen molar-refractivity contribution in [2.75, 3.05) is 24.3 Å². The van der Waals surface area contributed by atoms with Gasteiger partial charge in [0.2, 0.25) is 5.91 Å². The average molecular weight is 509 g/mol. The molecule has 0 bridgehead atoms. The van der Waals surface area contributed by atoms with Gasteiger partial charge in [-0.25, -0.2) is 8.42 Å². The third-order valence-electron chi connectivity index (χ3n) is 4.71. The Bertz CT molecular complexity index is 1250. The van der Waals surface area contributed by atoms with E-state index in [1.165, 1.54) is 42.5 Å². The molecule has 7 nitrogen and oxygen atoms in total. The maximum atomic E-state index is 12.6. The van der Waals surface area contributed by atoms with Crippen LogP contribution in [0.15, 0.2) is 65.6 Å². The normalized spacial score (nSPS) is 11.0. The molecule has 0 aliphatic carbocycles. The molecule has 2 N–H and O–H groups in total. The molecule has 0 aliphatic heterocycles. The summed E-state index contributed by atoms with van der Waals surface area (Å²) in [5, 5.41) is 3.34. The fourth-order valence-electron chi connectivity index (χ4n) is 3.01. The van der Waals surface area contributed by atoms with Crippen LogP contribution in [0, 0.1) is 0 Å². The van der Waals surface area contributed by atoms with Gasteiger partial charge in [-0.2, -0.15) is 0 Å². The molecule has 0 saturated carbocycles. The highest BCUT2D eigenvalue weighted by atomic mass is 35.5. The van der Waals surface area contributed by atoms with Crippen LogP contribution in [0.1, 0.15) is 12.0 Å². The van der Waals surface area contributed by atoms with Crippen molar-refractivity contribution in [3.05, 3.63) is 76.3 Å². The maximum Gasteiger partial charge on any atom is 0.261 e. The van der Waals surface area contributed by atoms with Gasteiger partial charge < -0.3 is 14.8 Å². The molecular weight excluding hydrogens is 487 g/mol. The first kappa shape index (κ1) is 24.7. The van der Waals surface area contributed by atoms with Crippen LogP contribution >= 0.6 is 23.2 Å². The summed E-state index contributed by atoms with van der Waals surface area (Å²) in [4.78, 5) is 12.4. The van der Waals surface area contributed by atoms with E-state index in [-0.39, 0.29) is 27.9 Å². The SMILES string of the molecule is COc1ccc(CCC(=O)Nc2ccc(S(=O)(=O)Nc3ccc(Cl)cc3Cl)cc2)cc1OC. The Kier molecular flexibility index (Phi) is 8.07.